The quantitative estimate of drug-likeness (QED) is 0.105. The molecule has 0 fully saturated rings. The number of aliphatic hydroxyl groups is 1. The highest BCUT2D eigenvalue weighted by Crippen LogP contribution is 2.20. The van der Waals surface area contributed by atoms with Crippen LogP contribution in [-0.4, -0.2) is 56.8 Å². The second-order valence-electron chi connectivity index (χ2n) is 12.5. The minimum absolute atomic E-state index is 0.0146. The van der Waals surface area contributed by atoms with Crippen molar-refractivity contribution in [2.45, 2.75) is 90.3 Å². The molecule has 262 valence electrons. The fourth-order valence-electron chi connectivity index (χ4n) is 5.13. The number of nitrogens with zero attached hydrogens (tertiary/aromatic N) is 2. The van der Waals surface area contributed by atoms with E-state index in [1.54, 1.807) is 12.3 Å². The molecule has 0 saturated heterocycles. The van der Waals surface area contributed by atoms with Gasteiger partial charge in [0.25, 0.3) is 0 Å². The molecule has 0 aliphatic carbocycles. The van der Waals surface area contributed by atoms with E-state index in [0.717, 1.165) is 21.0 Å². The molecule has 2 heterocycles. The lowest BCUT2D eigenvalue weighted by Crippen LogP contribution is -2.56. The van der Waals surface area contributed by atoms with Crippen molar-refractivity contribution in [2.75, 3.05) is 0 Å². The van der Waals surface area contributed by atoms with Crippen molar-refractivity contribution in [1.82, 2.24) is 25.3 Å². The summed E-state index contributed by atoms with van der Waals surface area (Å²) in [6.07, 6.45) is 0.0837. The van der Waals surface area contributed by atoms with Crippen molar-refractivity contribution in [3.05, 3.63) is 105 Å². The second-order valence-corrected chi connectivity index (χ2v) is 14.3. The fraction of sp³-hybridized carbons (Fsp3) is 0.417. The first-order valence-corrected chi connectivity index (χ1v) is 18.0. The van der Waals surface area contributed by atoms with Crippen molar-refractivity contribution in [1.29, 1.82) is 0 Å². The van der Waals surface area contributed by atoms with Crippen molar-refractivity contribution in [3.8, 4) is 0 Å². The average molecular weight is 708 g/mol. The van der Waals surface area contributed by atoms with Gasteiger partial charge in [0, 0.05) is 23.5 Å². The Morgan fingerprint density at radius 2 is 1.45 bits per heavy atom. The van der Waals surface area contributed by atoms with Gasteiger partial charge < -0.3 is 30.5 Å². The summed E-state index contributed by atoms with van der Waals surface area (Å²) in [5.41, 5.74) is 2.51. The van der Waals surface area contributed by atoms with E-state index in [9.17, 15) is 19.5 Å². The van der Waals surface area contributed by atoms with Crippen LogP contribution < -0.4 is 16.0 Å². The maximum Gasteiger partial charge on any atom is 0.408 e. The number of amides is 3. The highest BCUT2D eigenvalue weighted by atomic mass is 32.1. The van der Waals surface area contributed by atoms with Crippen LogP contribution >= 0.6 is 22.9 Å². The van der Waals surface area contributed by atoms with Crippen LogP contribution in [0.2, 0.25) is 0 Å². The molecule has 4 aromatic rings. The molecule has 13 heteroatoms. The summed E-state index contributed by atoms with van der Waals surface area (Å²) in [5, 5.41) is 23.1. The first kappa shape index (κ1) is 37.5. The third kappa shape index (κ3) is 12.6. The monoisotopic (exact) mass is 707 g/mol. The number of rotatable bonds is 17. The van der Waals surface area contributed by atoms with Crippen LogP contribution in [0.4, 0.5) is 9.59 Å². The van der Waals surface area contributed by atoms with Crippen LogP contribution in [-0.2, 0) is 40.3 Å². The van der Waals surface area contributed by atoms with Gasteiger partial charge in [-0.2, -0.15) is 0 Å². The molecule has 2 aromatic carbocycles. The summed E-state index contributed by atoms with van der Waals surface area (Å²) in [4.78, 5) is 44.7. The van der Waals surface area contributed by atoms with Gasteiger partial charge in [-0.25, -0.2) is 18.9 Å². The first-order valence-electron chi connectivity index (χ1n) is 16.3. The Bertz CT molecular complexity index is 1580. The van der Waals surface area contributed by atoms with Crippen LogP contribution in [0.1, 0.15) is 66.7 Å². The van der Waals surface area contributed by atoms with Gasteiger partial charge in [-0.05, 0) is 53.9 Å². The van der Waals surface area contributed by atoms with E-state index < -0.39 is 42.3 Å². The van der Waals surface area contributed by atoms with Crippen molar-refractivity contribution < 1.29 is 29.0 Å². The maximum atomic E-state index is 13.7. The molecule has 0 unspecified atom stereocenters. The van der Waals surface area contributed by atoms with Crippen LogP contribution in [0.25, 0.3) is 0 Å². The zero-order chi connectivity index (χ0) is 35.2. The Morgan fingerprint density at radius 3 is 2.04 bits per heavy atom. The van der Waals surface area contributed by atoms with Gasteiger partial charge in [-0.3, -0.25) is 4.79 Å². The first-order chi connectivity index (χ1) is 23.6. The van der Waals surface area contributed by atoms with Crippen LogP contribution in [0.3, 0.4) is 0 Å². The van der Waals surface area contributed by atoms with Gasteiger partial charge in [0.15, 0.2) is 0 Å². The predicted octanol–water partition coefficient (Wildman–Crippen LogP) is 5.99. The molecular weight excluding hydrogens is 663 g/mol. The number of carbonyl (C=O) groups excluding carboxylic acids is 3. The predicted molar refractivity (Wildman–Crippen MR) is 190 cm³/mol. The summed E-state index contributed by atoms with van der Waals surface area (Å²) in [7, 11) is 0. The van der Waals surface area contributed by atoms with E-state index in [2.05, 4.69) is 25.3 Å². The Hall–Kier alpha value is -4.33. The summed E-state index contributed by atoms with van der Waals surface area (Å²) in [6.45, 7) is 7.80. The lowest BCUT2D eigenvalue weighted by Gasteiger charge is -2.30. The molecule has 4 N–H and O–H groups in total. The van der Waals surface area contributed by atoms with Crippen molar-refractivity contribution in [2.24, 2.45) is 5.92 Å². The summed E-state index contributed by atoms with van der Waals surface area (Å²) < 4.78 is 14.9. The number of carbonyl (C=O) groups is 3. The Labute approximate surface area is 295 Å². The van der Waals surface area contributed by atoms with E-state index >= 15 is 0 Å². The molecule has 0 aliphatic heterocycles. The highest BCUT2D eigenvalue weighted by molar-refractivity contribution is 7.09. The Balaban J connectivity index is 1.44. The second kappa shape index (κ2) is 19.0. The number of ether oxygens (including phenoxy) is 2. The highest BCUT2D eigenvalue weighted by Gasteiger charge is 2.31. The molecule has 4 rings (SSSR count). The van der Waals surface area contributed by atoms with E-state index in [-0.39, 0.29) is 31.5 Å². The molecule has 0 radical (unpaired) electrons. The summed E-state index contributed by atoms with van der Waals surface area (Å²) in [6, 6.07) is 18.7. The van der Waals surface area contributed by atoms with Crippen LogP contribution in [0, 0.1) is 5.92 Å². The molecule has 0 aliphatic rings. The van der Waals surface area contributed by atoms with E-state index in [1.165, 1.54) is 22.9 Å². The van der Waals surface area contributed by atoms with Crippen molar-refractivity contribution in [3.63, 3.8) is 0 Å². The third-order valence-electron chi connectivity index (χ3n) is 7.74. The molecule has 4 atom stereocenters. The molecule has 2 aromatic heterocycles. The van der Waals surface area contributed by atoms with Crippen LogP contribution in [0.15, 0.2) is 78.3 Å². The van der Waals surface area contributed by atoms with E-state index in [0.29, 0.717) is 18.5 Å². The Morgan fingerprint density at radius 1 is 0.816 bits per heavy atom. The lowest BCUT2D eigenvalue weighted by atomic mass is 9.93. The third-order valence-corrected chi connectivity index (χ3v) is 9.65. The number of hydrogen-bond donors (Lipinski definition) is 4. The number of thiazole rings is 1. The number of hydrogen-bond acceptors (Lipinski definition) is 10. The smallest absolute Gasteiger partial charge is 0.408 e. The van der Waals surface area contributed by atoms with Gasteiger partial charge in [0.1, 0.15) is 19.3 Å². The van der Waals surface area contributed by atoms with Gasteiger partial charge in [0.2, 0.25) is 5.91 Å². The van der Waals surface area contributed by atoms with Gasteiger partial charge in [0.05, 0.1) is 27.7 Å². The van der Waals surface area contributed by atoms with Crippen molar-refractivity contribution >= 4 is 41.0 Å². The number of aromatic nitrogens is 2. The molecule has 0 saturated carbocycles. The molecule has 3 amide bonds. The molecule has 0 bridgehead atoms. The molecule has 11 nitrogen and oxygen atoms in total. The average Bonchev–Trinajstić information content (AvgIpc) is 3.79. The Kier molecular flexibility index (Phi) is 14.5. The maximum absolute atomic E-state index is 13.7. The summed E-state index contributed by atoms with van der Waals surface area (Å²) in [5.74, 6) is -0.470. The lowest BCUT2D eigenvalue weighted by molar-refractivity contribution is -0.125. The van der Waals surface area contributed by atoms with E-state index in [1.807, 2.05) is 93.7 Å². The number of alkyl carbamates (subject to hydrolysis) is 2. The zero-order valence-corrected chi connectivity index (χ0v) is 29.8. The van der Waals surface area contributed by atoms with Gasteiger partial charge in [-0.15, -0.1) is 11.3 Å². The topological polar surface area (TPSA) is 152 Å². The number of nitrogens with one attached hydrogen (secondary N) is 3. The molecule has 49 heavy (non-hydrogen) atoms. The summed E-state index contributed by atoms with van der Waals surface area (Å²) >= 11 is 2.76. The number of benzene rings is 2. The largest absolute Gasteiger partial charge is 0.444 e. The molecule has 0 spiro atoms. The van der Waals surface area contributed by atoms with Gasteiger partial charge >= 0.3 is 12.2 Å². The zero-order valence-electron chi connectivity index (χ0n) is 28.2. The minimum atomic E-state index is -1.07. The standard InChI is InChI=1S/C36H45N5O6S2/c1-23(2)32(41-36(45)46-20-28-22-48-34(38-28)24(3)4)33(43)40-30(18-26-13-9-6-10-14-26)31(42)19-27(17-25-11-7-5-8-12-25)39-35(44)47-21-29-15-16-37-49-29/h5-16,22-24,27,30-32,42H,17-21H2,1-4H3,(H,39,44)(H,40,43)(H,41,45)/t27-,30-,31-,32-/m0/s1. The normalized spacial score (nSPS) is 13.7. The fourth-order valence-corrected chi connectivity index (χ4v) is 6.44. The van der Waals surface area contributed by atoms with Gasteiger partial charge in [-0.1, -0.05) is 88.4 Å². The number of aliphatic hydroxyl groups excluding tert-OH is 1. The minimum Gasteiger partial charge on any atom is -0.444 e. The van der Waals surface area contributed by atoms with Crippen LogP contribution in [0.5, 0.6) is 0 Å². The van der Waals surface area contributed by atoms with E-state index in [4.69, 9.17) is 9.47 Å². The SMILES string of the molecule is CC(C)c1nc(COC(=O)N[C@H](C(=O)N[C@@H](Cc2ccccc2)[C@@H](O)C[C@H](Cc2ccccc2)NC(=O)OCc2ccns2)C(C)C)cs1. The molecular formula is C36H45N5O6S2.